The van der Waals surface area contributed by atoms with Gasteiger partial charge in [-0.05, 0) is 134 Å². The Morgan fingerprint density at radius 3 is 1.46 bits per heavy atom. The average Bonchev–Trinajstić information content (AvgIpc) is 3.96. The predicted octanol–water partition coefficient (Wildman–Crippen LogP) is 18.0. The zero-order valence-corrected chi connectivity index (χ0v) is 36.6. The molecule has 0 unspecified atom stereocenters. The van der Waals surface area contributed by atoms with Gasteiger partial charge in [-0.25, -0.2) is 0 Å². The Bertz CT molecular complexity index is 3910. The van der Waals surface area contributed by atoms with Crippen LogP contribution in [0.3, 0.4) is 0 Å². The predicted molar refractivity (Wildman–Crippen MR) is 282 cm³/mol. The van der Waals surface area contributed by atoms with Gasteiger partial charge in [0.25, 0.3) is 0 Å². The maximum Gasteiger partial charge on any atom is 0.136 e. The van der Waals surface area contributed by atoms with Gasteiger partial charge in [-0.3, -0.25) is 0 Å². The van der Waals surface area contributed by atoms with Crippen molar-refractivity contribution in [3.8, 4) is 50.2 Å². The first-order chi connectivity index (χ1) is 33.2. The standard InChI is InChI=1S/C64H42N2O/c1-2-19-54-45(13-1)14-11-23-55(54)49-17-9-15-47(41-49)43-29-35-50(36-30-43)65(52-39-33-46(34-40-52)56-24-12-28-63-64(56)59-22-5-8-27-62(59)67-63)51-37-31-44(32-38-51)48-16-10-18-53(42-48)66-60-25-6-3-20-57(60)58-21-4-7-26-61(58)66/h1-42H. The van der Waals surface area contributed by atoms with Gasteiger partial charge in [0.15, 0.2) is 0 Å². The van der Waals surface area contributed by atoms with Crippen LogP contribution in [0.15, 0.2) is 259 Å². The van der Waals surface area contributed by atoms with Crippen molar-refractivity contribution in [1.82, 2.24) is 4.57 Å². The molecule has 11 aromatic carbocycles. The molecule has 0 aliphatic heterocycles. The van der Waals surface area contributed by atoms with Crippen molar-refractivity contribution in [2.75, 3.05) is 4.90 Å². The molecule has 0 N–H and O–H groups in total. The van der Waals surface area contributed by atoms with Crippen LogP contribution in [-0.4, -0.2) is 4.57 Å². The van der Waals surface area contributed by atoms with Crippen LogP contribution in [-0.2, 0) is 0 Å². The number of rotatable bonds is 8. The summed E-state index contributed by atoms with van der Waals surface area (Å²) in [6, 6.07) is 91.9. The Kier molecular flexibility index (Phi) is 9.17. The van der Waals surface area contributed by atoms with Crippen molar-refractivity contribution in [3.63, 3.8) is 0 Å². The van der Waals surface area contributed by atoms with E-state index in [2.05, 4.69) is 252 Å². The van der Waals surface area contributed by atoms with Gasteiger partial charge in [0.2, 0.25) is 0 Å². The molecule has 3 nitrogen and oxygen atoms in total. The van der Waals surface area contributed by atoms with Gasteiger partial charge in [0.05, 0.1) is 11.0 Å². The van der Waals surface area contributed by atoms with Crippen LogP contribution in [0, 0.1) is 0 Å². The van der Waals surface area contributed by atoms with E-state index in [4.69, 9.17) is 4.42 Å². The van der Waals surface area contributed by atoms with E-state index in [1.165, 1.54) is 54.8 Å². The lowest BCUT2D eigenvalue weighted by molar-refractivity contribution is 0.669. The molecule has 67 heavy (non-hydrogen) atoms. The molecule has 2 aromatic heterocycles. The maximum absolute atomic E-state index is 6.27. The van der Waals surface area contributed by atoms with Crippen LogP contribution in [0.1, 0.15) is 0 Å². The number of anilines is 3. The molecule has 2 heterocycles. The lowest BCUT2D eigenvalue weighted by Gasteiger charge is -2.26. The molecule has 13 rings (SSSR count). The maximum atomic E-state index is 6.27. The summed E-state index contributed by atoms with van der Waals surface area (Å²) in [4.78, 5) is 2.35. The van der Waals surface area contributed by atoms with Crippen molar-refractivity contribution in [2.24, 2.45) is 0 Å². The van der Waals surface area contributed by atoms with E-state index in [1.807, 2.05) is 12.1 Å². The van der Waals surface area contributed by atoms with E-state index in [0.29, 0.717) is 0 Å². The summed E-state index contributed by atoms with van der Waals surface area (Å²) in [6.07, 6.45) is 0. The minimum absolute atomic E-state index is 0.896. The second-order valence-electron chi connectivity index (χ2n) is 17.3. The Morgan fingerprint density at radius 2 is 0.776 bits per heavy atom. The summed E-state index contributed by atoms with van der Waals surface area (Å²) >= 11 is 0. The molecule has 314 valence electrons. The van der Waals surface area contributed by atoms with Gasteiger partial charge in [0, 0.05) is 44.3 Å². The first-order valence-corrected chi connectivity index (χ1v) is 22.9. The quantitative estimate of drug-likeness (QED) is 0.152. The van der Waals surface area contributed by atoms with Crippen LogP contribution in [0.5, 0.6) is 0 Å². The molecule has 0 bridgehead atoms. The minimum atomic E-state index is 0.896. The Hall–Kier alpha value is -8.92. The zero-order valence-electron chi connectivity index (χ0n) is 36.6. The zero-order chi connectivity index (χ0) is 44.3. The molecule has 0 saturated carbocycles. The number of para-hydroxylation sites is 3. The van der Waals surface area contributed by atoms with Crippen molar-refractivity contribution in [2.45, 2.75) is 0 Å². The van der Waals surface area contributed by atoms with Crippen molar-refractivity contribution < 1.29 is 4.42 Å². The largest absolute Gasteiger partial charge is 0.456 e. The Balaban J connectivity index is 0.879. The van der Waals surface area contributed by atoms with Gasteiger partial charge < -0.3 is 13.9 Å². The summed E-state index contributed by atoms with van der Waals surface area (Å²) < 4.78 is 8.65. The average molecular weight is 855 g/mol. The number of furan rings is 1. The van der Waals surface area contributed by atoms with Crippen LogP contribution < -0.4 is 4.90 Å². The summed E-state index contributed by atoms with van der Waals surface area (Å²) in [6.45, 7) is 0. The fourth-order valence-electron chi connectivity index (χ4n) is 10.2. The molecule has 0 amide bonds. The third-order valence-corrected chi connectivity index (χ3v) is 13.4. The van der Waals surface area contributed by atoms with Crippen LogP contribution in [0.2, 0.25) is 0 Å². The van der Waals surface area contributed by atoms with E-state index in [-0.39, 0.29) is 0 Å². The third kappa shape index (κ3) is 6.67. The molecule has 0 radical (unpaired) electrons. The van der Waals surface area contributed by atoms with Gasteiger partial charge in [-0.2, -0.15) is 0 Å². The monoisotopic (exact) mass is 854 g/mol. The van der Waals surface area contributed by atoms with E-state index < -0.39 is 0 Å². The third-order valence-electron chi connectivity index (χ3n) is 13.4. The van der Waals surface area contributed by atoms with Crippen LogP contribution in [0.25, 0.3) is 105 Å². The second-order valence-corrected chi connectivity index (χ2v) is 17.3. The first kappa shape index (κ1) is 38.5. The number of fused-ring (bicyclic) bond motifs is 7. The molecule has 0 saturated heterocycles. The highest BCUT2D eigenvalue weighted by molar-refractivity contribution is 6.12. The lowest BCUT2D eigenvalue weighted by atomic mass is 9.95. The summed E-state index contributed by atoms with van der Waals surface area (Å²) in [5.41, 5.74) is 18.0. The topological polar surface area (TPSA) is 21.3 Å². The Morgan fingerprint density at radius 1 is 0.299 bits per heavy atom. The highest BCUT2D eigenvalue weighted by atomic mass is 16.3. The molecule has 0 fully saturated rings. The highest BCUT2D eigenvalue weighted by Crippen LogP contribution is 2.41. The van der Waals surface area contributed by atoms with Gasteiger partial charge in [-0.15, -0.1) is 0 Å². The minimum Gasteiger partial charge on any atom is -0.456 e. The molecular weight excluding hydrogens is 813 g/mol. The normalized spacial score (nSPS) is 11.6. The van der Waals surface area contributed by atoms with Crippen molar-refractivity contribution in [1.29, 1.82) is 0 Å². The fraction of sp³-hybridized carbons (Fsp3) is 0. The fourth-order valence-corrected chi connectivity index (χ4v) is 10.2. The van der Waals surface area contributed by atoms with E-state index in [9.17, 15) is 0 Å². The van der Waals surface area contributed by atoms with Crippen molar-refractivity contribution in [3.05, 3.63) is 255 Å². The molecule has 0 aliphatic rings. The van der Waals surface area contributed by atoms with Crippen molar-refractivity contribution >= 4 is 71.6 Å². The van der Waals surface area contributed by atoms with E-state index in [0.717, 1.165) is 66.9 Å². The molecule has 13 aromatic rings. The lowest BCUT2D eigenvalue weighted by Crippen LogP contribution is -2.09. The van der Waals surface area contributed by atoms with Gasteiger partial charge in [-0.1, -0.05) is 176 Å². The molecular formula is C64H42N2O. The number of benzene rings is 11. The van der Waals surface area contributed by atoms with Gasteiger partial charge in [0.1, 0.15) is 11.2 Å². The SMILES string of the molecule is c1cc(-c2ccc(N(c3ccc(-c4cccc(-n5c6ccccc6c6ccccc65)c4)cc3)c3ccc(-c4cccc5oc6ccccc6c45)cc3)cc2)cc(-c2cccc3ccccc23)c1. The molecule has 3 heteroatoms. The van der Waals surface area contributed by atoms with Crippen LogP contribution in [0.4, 0.5) is 17.1 Å². The summed E-state index contributed by atoms with van der Waals surface area (Å²) in [5, 5.41) is 7.29. The van der Waals surface area contributed by atoms with E-state index >= 15 is 0 Å². The number of nitrogens with zero attached hydrogens (tertiary/aromatic N) is 2. The van der Waals surface area contributed by atoms with Crippen LogP contribution >= 0.6 is 0 Å². The van der Waals surface area contributed by atoms with Gasteiger partial charge >= 0.3 is 0 Å². The first-order valence-electron chi connectivity index (χ1n) is 22.9. The smallest absolute Gasteiger partial charge is 0.136 e. The summed E-state index contributed by atoms with van der Waals surface area (Å²) in [7, 11) is 0. The molecule has 0 spiro atoms. The molecule has 0 aliphatic carbocycles. The number of hydrogen-bond donors (Lipinski definition) is 0. The number of hydrogen-bond acceptors (Lipinski definition) is 2. The van der Waals surface area contributed by atoms with E-state index in [1.54, 1.807) is 0 Å². The number of aromatic nitrogens is 1. The molecule has 0 atom stereocenters. The highest BCUT2D eigenvalue weighted by Gasteiger charge is 2.17. The Labute approximate surface area is 388 Å². The summed E-state index contributed by atoms with van der Waals surface area (Å²) in [5.74, 6) is 0. The second kappa shape index (κ2) is 16.0.